The first-order chi connectivity index (χ1) is 16.0. The number of alkyl halides is 10. The Kier molecular flexibility index (Phi) is 6.74. The summed E-state index contributed by atoms with van der Waals surface area (Å²) in [6, 6.07) is 6.20. The summed E-state index contributed by atoms with van der Waals surface area (Å²) in [5.41, 5.74) is -6.16. The molecule has 2 heterocycles. The Balaban J connectivity index is 1.94. The molecular formula is C20H13F10N3O2. The number of H-pyrrole nitrogens is 1. The molecule has 1 N–H and O–H groups in total. The van der Waals surface area contributed by atoms with Crippen molar-refractivity contribution in [1.29, 1.82) is 0 Å². The van der Waals surface area contributed by atoms with Crippen LogP contribution in [0.25, 0.3) is 10.9 Å². The van der Waals surface area contributed by atoms with Gasteiger partial charge in [0, 0.05) is 41.8 Å². The summed E-state index contributed by atoms with van der Waals surface area (Å²) in [5.74, 6) is -5.11. The van der Waals surface area contributed by atoms with Crippen LogP contribution in [-0.2, 0) is 10.9 Å². The summed E-state index contributed by atoms with van der Waals surface area (Å²) in [5, 5.41) is 0.317. The predicted octanol–water partition coefficient (Wildman–Crippen LogP) is 6.14. The molecule has 0 unspecified atom stereocenters. The van der Waals surface area contributed by atoms with E-state index < -0.39 is 60.5 Å². The van der Waals surface area contributed by atoms with E-state index in [1.165, 1.54) is 12.3 Å². The maximum Gasteiger partial charge on any atom is 0.451 e. The molecule has 0 bridgehead atoms. The number of nitrogens with zero attached hydrogens (tertiary/aromatic N) is 2. The van der Waals surface area contributed by atoms with Gasteiger partial charge in [-0.05, 0) is 11.6 Å². The maximum absolute atomic E-state index is 14.4. The van der Waals surface area contributed by atoms with E-state index in [1.807, 2.05) is 0 Å². The quantitative estimate of drug-likeness (QED) is 0.315. The number of esters is 1. The molecule has 3 aromatic rings. The number of ether oxygens (including phenoxy) is 1. The lowest BCUT2D eigenvalue weighted by atomic mass is 9.87. The molecule has 2 aromatic heterocycles. The summed E-state index contributed by atoms with van der Waals surface area (Å²) in [6.45, 7) is -1.25. The third-order valence-electron chi connectivity index (χ3n) is 5.05. The van der Waals surface area contributed by atoms with Crippen molar-refractivity contribution in [2.75, 3.05) is 6.61 Å². The van der Waals surface area contributed by atoms with Crippen molar-refractivity contribution < 1.29 is 53.4 Å². The second kappa shape index (κ2) is 9.00. The number of aromatic amines is 1. The number of aromatic nitrogens is 3. The molecular weight excluding hydrogens is 504 g/mol. The van der Waals surface area contributed by atoms with Gasteiger partial charge in [0.15, 0.2) is 0 Å². The molecule has 190 valence electrons. The molecule has 0 amide bonds. The minimum atomic E-state index is -6.43. The van der Waals surface area contributed by atoms with E-state index >= 15 is 0 Å². The fourth-order valence-electron chi connectivity index (χ4n) is 3.19. The molecule has 1 aromatic carbocycles. The first-order valence-corrected chi connectivity index (χ1v) is 9.49. The second-order valence-corrected chi connectivity index (χ2v) is 7.38. The largest absolute Gasteiger partial charge is 0.461 e. The van der Waals surface area contributed by atoms with Crippen molar-refractivity contribution in [3.63, 3.8) is 0 Å². The van der Waals surface area contributed by atoms with Crippen molar-refractivity contribution >= 4 is 16.9 Å². The Labute approximate surface area is 189 Å². The number of fused-ring (bicyclic) bond motifs is 1. The molecule has 0 fully saturated rings. The van der Waals surface area contributed by atoms with Crippen molar-refractivity contribution in [3.8, 4) is 0 Å². The van der Waals surface area contributed by atoms with Gasteiger partial charge in [0.05, 0.1) is 12.2 Å². The summed E-state index contributed by atoms with van der Waals surface area (Å²) in [6.07, 6.45) is -18.5. The fourth-order valence-corrected chi connectivity index (χ4v) is 3.19. The number of hydrogen-bond donors (Lipinski definition) is 1. The van der Waals surface area contributed by atoms with Crippen molar-refractivity contribution in [3.05, 3.63) is 59.8 Å². The molecule has 35 heavy (non-hydrogen) atoms. The van der Waals surface area contributed by atoms with Crippen molar-refractivity contribution in [2.24, 2.45) is 0 Å². The average molecular weight is 517 g/mol. The molecule has 0 aliphatic carbocycles. The summed E-state index contributed by atoms with van der Waals surface area (Å²) < 4.78 is 136. The van der Waals surface area contributed by atoms with Gasteiger partial charge >= 0.3 is 24.5 Å². The molecule has 5 nitrogen and oxygen atoms in total. The third kappa shape index (κ3) is 5.32. The topological polar surface area (TPSA) is 67.9 Å². The first-order valence-electron chi connectivity index (χ1n) is 9.49. The monoisotopic (exact) mass is 517 g/mol. The van der Waals surface area contributed by atoms with Gasteiger partial charge in [0.25, 0.3) is 5.67 Å². The number of halogens is 10. The van der Waals surface area contributed by atoms with Crippen LogP contribution in [0, 0.1) is 0 Å². The Morgan fingerprint density at radius 2 is 1.49 bits per heavy atom. The zero-order valence-corrected chi connectivity index (χ0v) is 17.0. The van der Waals surface area contributed by atoms with Crippen LogP contribution < -0.4 is 0 Å². The van der Waals surface area contributed by atoms with E-state index in [-0.39, 0.29) is 5.56 Å². The highest BCUT2D eigenvalue weighted by Crippen LogP contribution is 2.51. The van der Waals surface area contributed by atoms with Gasteiger partial charge in [-0.15, -0.1) is 0 Å². The lowest BCUT2D eigenvalue weighted by Gasteiger charge is -2.32. The Morgan fingerprint density at radius 3 is 2.03 bits per heavy atom. The van der Waals surface area contributed by atoms with E-state index in [0.29, 0.717) is 23.3 Å². The van der Waals surface area contributed by atoms with E-state index in [4.69, 9.17) is 4.74 Å². The Bertz CT molecular complexity index is 1170. The van der Waals surface area contributed by atoms with Crippen LogP contribution in [0.1, 0.15) is 34.1 Å². The standard InChI is InChI=1S/C20H13F10N3O2/c21-17(19(25,26)27,20(28,29)30)5-10(11-6-32-16(33-7-11)18(22,23)24)9-35-15(34)13-8-31-14-4-2-1-3-12(13)14/h1-4,6-8,10,31H,5,9H2/t10-/m1/s1. The first kappa shape index (κ1) is 26.2. The normalized spacial score (nSPS) is 14.2. The number of nitrogens with one attached hydrogen (secondary N) is 1. The van der Waals surface area contributed by atoms with Gasteiger partial charge in [0.2, 0.25) is 5.82 Å². The van der Waals surface area contributed by atoms with Crippen LogP contribution in [0.4, 0.5) is 43.9 Å². The van der Waals surface area contributed by atoms with E-state index in [9.17, 15) is 48.7 Å². The fraction of sp³-hybridized carbons (Fsp3) is 0.350. The number of para-hydroxylation sites is 1. The van der Waals surface area contributed by atoms with Gasteiger partial charge in [-0.25, -0.2) is 19.2 Å². The molecule has 3 rings (SSSR count). The van der Waals surface area contributed by atoms with Gasteiger partial charge in [-0.2, -0.15) is 39.5 Å². The van der Waals surface area contributed by atoms with Gasteiger partial charge in [0.1, 0.15) is 0 Å². The molecule has 0 aliphatic rings. The highest BCUT2D eigenvalue weighted by molar-refractivity contribution is 6.04. The van der Waals surface area contributed by atoms with E-state index in [0.717, 1.165) is 0 Å². The van der Waals surface area contributed by atoms with E-state index in [1.54, 1.807) is 18.2 Å². The summed E-state index contributed by atoms with van der Waals surface area (Å²) >= 11 is 0. The van der Waals surface area contributed by atoms with Gasteiger partial charge in [-0.1, -0.05) is 18.2 Å². The van der Waals surface area contributed by atoms with Crippen LogP contribution in [0.3, 0.4) is 0 Å². The summed E-state index contributed by atoms with van der Waals surface area (Å²) in [7, 11) is 0. The van der Waals surface area contributed by atoms with Crippen LogP contribution >= 0.6 is 0 Å². The number of benzene rings is 1. The smallest absolute Gasteiger partial charge is 0.451 e. The molecule has 0 radical (unpaired) electrons. The Morgan fingerprint density at radius 1 is 0.914 bits per heavy atom. The van der Waals surface area contributed by atoms with Gasteiger partial charge in [-0.3, -0.25) is 0 Å². The van der Waals surface area contributed by atoms with Crippen LogP contribution in [0.5, 0.6) is 0 Å². The summed E-state index contributed by atoms with van der Waals surface area (Å²) in [4.78, 5) is 20.9. The van der Waals surface area contributed by atoms with Crippen LogP contribution in [0.2, 0.25) is 0 Å². The molecule has 15 heteroatoms. The zero-order chi connectivity index (χ0) is 26.2. The number of carbonyl (C=O) groups is 1. The lowest BCUT2D eigenvalue weighted by Crippen LogP contribution is -2.54. The number of hydrogen-bond acceptors (Lipinski definition) is 4. The predicted molar refractivity (Wildman–Crippen MR) is 98.9 cm³/mol. The Hall–Kier alpha value is -3.39. The molecule has 0 saturated heterocycles. The highest BCUT2D eigenvalue weighted by atomic mass is 19.4. The van der Waals surface area contributed by atoms with Crippen molar-refractivity contribution in [2.45, 2.75) is 36.5 Å². The minimum Gasteiger partial charge on any atom is -0.461 e. The lowest BCUT2D eigenvalue weighted by molar-refractivity contribution is -0.344. The molecule has 1 atom stereocenters. The highest BCUT2D eigenvalue weighted by Gasteiger charge is 2.72. The number of carbonyl (C=O) groups excluding carboxylic acids is 1. The van der Waals surface area contributed by atoms with Crippen LogP contribution in [-0.4, -0.2) is 45.5 Å². The average Bonchev–Trinajstić information content (AvgIpc) is 3.18. The second-order valence-electron chi connectivity index (χ2n) is 7.38. The maximum atomic E-state index is 14.4. The zero-order valence-electron chi connectivity index (χ0n) is 17.0. The number of rotatable bonds is 6. The third-order valence-corrected chi connectivity index (χ3v) is 5.05. The van der Waals surface area contributed by atoms with Gasteiger partial charge < -0.3 is 9.72 Å². The molecule has 0 saturated carbocycles. The minimum absolute atomic E-state index is 0.124. The SMILES string of the molecule is O=C(OC[C@@H](CC(F)(C(F)(F)F)C(F)(F)F)c1cnc(C(F)(F)F)nc1)c1c[nH]c2ccccc12. The van der Waals surface area contributed by atoms with Crippen molar-refractivity contribution in [1.82, 2.24) is 15.0 Å². The molecule has 0 aliphatic heterocycles. The van der Waals surface area contributed by atoms with Crippen LogP contribution in [0.15, 0.2) is 42.9 Å². The van der Waals surface area contributed by atoms with E-state index in [2.05, 4.69) is 15.0 Å². The molecule has 0 spiro atoms.